The van der Waals surface area contributed by atoms with Gasteiger partial charge in [0.15, 0.2) is 0 Å². The zero-order valence-corrected chi connectivity index (χ0v) is 10.1. The summed E-state index contributed by atoms with van der Waals surface area (Å²) in [5.41, 5.74) is -0.444. The molecule has 1 aliphatic heterocycles. The first-order valence-corrected chi connectivity index (χ1v) is 5.82. The second kappa shape index (κ2) is 4.51. The molecule has 1 fully saturated rings. The van der Waals surface area contributed by atoms with Gasteiger partial charge in [-0.15, -0.1) is 0 Å². The summed E-state index contributed by atoms with van der Waals surface area (Å²) in [6.07, 6.45) is 3.05. The van der Waals surface area contributed by atoms with Crippen LogP contribution in [0.2, 0.25) is 0 Å². The molecule has 2 rings (SSSR count). The van der Waals surface area contributed by atoms with Crippen molar-refractivity contribution in [3.8, 4) is 0 Å². The van der Waals surface area contributed by atoms with E-state index in [9.17, 15) is 0 Å². The van der Waals surface area contributed by atoms with E-state index >= 15 is 0 Å². The van der Waals surface area contributed by atoms with Crippen molar-refractivity contribution in [3.63, 3.8) is 0 Å². The van der Waals surface area contributed by atoms with E-state index in [1.54, 1.807) is 7.11 Å². The summed E-state index contributed by atoms with van der Waals surface area (Å²) in [5.74, 6) is 1.32. The standard InChI is InChI=1S/C11H19N3O2/c1-4-11(2,15-3)10-13-9(16-14-10)8-6-5-7-12-8/h8,12H,4-7H2,1-3H3. The lowest BCUT2D eigenvalue weighted by molar-refractivity contribution is -0.0106. The fourth-order valence-corrected chi connectivity index (χ4v) is 1.88. The zero-order valence-electron chi connectivity index (χ0n) is 10.1. The van der Waals surface area contributed by atoms with E-state index in [1.165, 1.54) is 0 Å². The van der Waals surface area contributed by atoms with Crippen molar-refractivity contribution in [2.45, 2.75) is 44.8 Å². The molecule has 1 aliphatic rings. The third-order valence-electron chi connectivity index (χ3n) is 3.40. The Morgan fingerprint density at radius 2 is 2.44 bits per heavy atom. The maximum atomic E-state index is 5.44. The van der Waals surface area contributed by atoms with Gasteiger partial charge in [-0.05, 0) is 32.7 Å². The Labute approximate surface area is 95.6 Å². The number of rotatable bonds is 4. The monoisotopic (exact) mass is 225 g/mol. The van der Waals surface area contributed by atoms with Gasteiger partial charge in [0.25, 0.3) is 0 Å². The van der Waals surface area contributed by atoms with Gasteiger partial charge in [-0.2, -0.15) is 4.98 Å². The highest BCUT2D eigenvalue weighted by Crippen LogP contribution is 2.28. The Hall–Kier alpha value is -0.940. The quantitative estimate of drug-likeness (QED) is 0.846. The average molecular weight is 225 g/mol. The van der Waals surface area contributed by atoms with Gasteiger partial charge in [0.1, 0.15) is 5.60 Å². The van der Waals surface area contributed by atoms with Gasteiger partial charge in [-0.3, -0.25) is 0 Å². The van der Waals surface area contributed by atoms with Crippen LogP contribution in [0.15, 0.2) is 4.52 Å². The summed E-state index contributed by atoms with van der Waals surface area (Å²) < 4.78 is 10.7. The molecule has 1 N–H and O–H groups in total. The van der Waals surface area contributed by atoms with Crippen LogP contribution in [0.5, 0.6) is 0 Å². The van der Waals surface area contributed by atoms with Crippen molar-refractivity contribution >= 4 is 0 Å². The number of hydrogen-bond donors (Lipinski definition) is 1. The molecule has 0 bridgehead atoms. The summed E-state index contributed by atoms with van der Waals surface area (Å²) in [7, 11) is 1.67. The summed E-state index contributed by atoms with van der Waals surface area (Å²) in [5, 5.41) is 7.36. The highest BCUT2D eigenvalue weighted by atomic mass is 16.5. The predicted molar refractivity (Wildman–Crippen MR) is 58.9 cm³/mol. The van der Waals surface area contributed by atoms with Crippen LogP contribution in [-0.4, -0.2) is 23.8 Å². The molecule has 1 aromatic heterocycles. The second-order valence-electron chi connectivity index (χ2n) is 4.39. The Morgan fingerprint density at radius 3 is 3.00 bits per heavy atom. The van der Waals surface area contributed by atoms with Crippen molar-refractivity contribution in [1.29, 1.82) is 0 Å². The SMILES string of the molecule is CCC(C)(OC)c1noc(C2CCCN2)n1. The molecule has 0 aromatic carbocycles. The van der Waals surface area contributed by atoms with Crippen LogP contribution in [-0.2, 0) is 10.3 Å². The molecule has 0 aliphatic carbocycles. The van der Waals surface area contributed by atoms with Crippen LogP contribution in [0.3, 0.4) is 0 Å². The van der Waals surface area contributed by atoms with Crippen LogP contribution in [0.1, 0.15) is 50.9 Å². The molecular formula is C11H19N3O2. The van der Waals surface area contributed by atoms with E-state index in [-0.39, 0.29) is 6.04 Å². The molecule has 2 atom stereocenters. The van der Waals surface area contributed by atoms with Crippen molar-refractivity contribution in [2.24, 2.45) is 0 Å². The summed E-state index contributed by atoms with van der Waals surface area (Å²) >= 11 is 0. The van der Waals surface area contributed by atoms with Gasteiger partial charge in [-0.1, -0.05) is 12.1 Å². The number of hydrogen-bond acceptors (Lipinski definition) is 5. The first-order valence-electron chi connectivity index (χ1n) is 5.82. The number of ether oxygens (including phenoxy) is 1. The highest BCUT2D eigenvalue weighted by molar-refractivity contribution is 5.02. The number of methoxy groups -OCH3 is 1. The molecule has 0 saturated carbocycles. The van der Waals surface area contributed by atoms with Gasteiger partial charge in [0.2, 0.25) is 11.7 Å². The number of aromatic nitrogens is 2. The van der Waals surface area contributed by atoms with Gasteiger partial charge in [0, 0.05) is 7.11 Å². The average Bonchev–Trinajstić information content (AvgIpc) is 2.97. The van der Waals surface area contributed by atoms with Crippen LogP contribution in [0.25, 0.3) is 0 Å². The maximum Gasteiger partial charge on any atom is 0.243 e. The minimum atomic E-state index is -0.444. The molecule has 2 heterocycles. The normalized spacial score (nSPS) is 24.6. The minimum absolute atomic E-state index is 0.221. The molecule has 1 saturated heterocycles. The fraction of sp³-hybridized carbons (Fsp3) is 0.818. The Bertz CT molecular complexity index is 341. The van der Waals surface area contributed by atoms with E-state index in [2.05, 4.69) is 15.5 Å². The fourth-order valence-electron chi connectivity index (χ4n) is 1.88. The molecule has 90 valence electrons. The Balaban J connectivity index is 2.17. The number of nitrogens with one attached hydrogen (secondary N) is 1. The van der Waals surface area contributed by atoms with E-state index < -0.39 is 5.60 Å². The summed E-state index contributed by atoms with van der Waals surface area (Å²) in [4.78, 5) is 4.44. The molecule has 0 radical (unpaired) electrons. The molecule has 16 heavy (non-hydrogen) atoms. The predicted octanol–water partition coefficient (Wildman–Crippen LogP) is 1.77. The van der Waals surface area contributed by atoms with E-state index in [0.29, 0.717) is 11.7 Å². The molecule has 2 unspecified atom stereocenters. The van der Waals surface area contributed by atoms with E-state index in [0.717, 1.165) is 25.8 Å². The summed E-state index contributed by atoms with van der Waals surface area (Å²) in [6, 6.07) is 0.221. The van der Waals surface area contributed by atoms with Crippen molar-refractivity contribution in [3.05, 3.63) is 11.7 Å². The minimum Gasteiger partial charge on any atom is -0.370 e. The summed E-state index contributed by atoms with van der Waals surface area (Å²) in [6.45, 7) is 5.05. The third-order valence-corrected chi connectivity index (χ3v) is 3.40. The van der Waals surface area contributed by atoms with Crippen molar-refractivity contribution in [2.75, 3.05) is 13.7 Å². The third kappa shape index (κ3) is 1.97. The Morgan fingerprint density at radius 1 is 1.62 bits per heavy atom. The molecule has 0 spiro atoms. The first-order chi connectivity index (χ1) is 7.69. The maximum absolute atomic E-state index is 5.44. The smallest absolute Gasteiger partial charge is 0.243 e. The van der Waals surface area contributed by atoms with Crippen molar-refractivity contribution < 1.29 is 9.26 Å². The number of nitrogens with zero attached hydrogens (tertiary/aromatic N) is 2. The molecular weight excluding hydrogens is 206 g/mol. The van der Waals surface area contributed by atoms with Gasteiger partial charge in [-0.25, -0.2) is 0 Å². The molecule has 1 aromatic rings. The van der Waals surface area contributed by atoms with E-state index in [1.807, 2.05) is 13.8 Å². The molecule has 5 nitrogen and oxygen atoms in total. The lowest BCUT2D eigenvalue weighted by Crippen LogP contribution is -2.25. The van der Waals surface area contributed by atoms with Crippen LogP contribution in [0.4, 0.5) is 0 Å². The Kier molecular flexibility index (Phi) is 3.25. The van der Waals surface area contributed by atoms with Crippen LogP contribution < -0.4 is 5.32 Å². The highest BCUT2D eigenvalue weighted by Gasteiger charge is 2.32. The van der Waals surface area contributed by atoms with Crippen LogP contribution >= 0.6 is 0 Å². The zero-order chi connectivity index (χ0) is 11.6. The molecule has 5 heteroatoms. The lowest BCUT2D eigenvalue weighted by atomic mass is 10.0. The second-order valence-corrected chi connectivity index (χ2v) is 4.39. The van der Waals surface area contributed by atoms with Crippen LogP contribution in [0, 0.1) is 0 Å². The lowest BCUT2D eigenvalue weighted by Gasteiger charge is -2.21. The first kappa shape index (κ1) is 11.5. The van der Waals surface area contributed by atoms with Gasteiger partial charge < -0.3 is 14.6 Å². The van der Waals surface area contributed by atoms with E-state index in [4.69, 9.17) is 9.26 Å². The van der Waals surface area contributed by atoms with Gasteiger partial charge >= 0.3 is 0 Å². The topological polar surface area (TPSA) is 60.2 Å². The largest absolute Gasteiger partial charge is 0.370 e. The van der Waals surface area contributed by atoms with Crippen molar-refractivity contribution in [1.82, 2.24) is 15.5 Å². The molecule has 0 amide bonds. The van der Waals surface area contributed by atoms with Gasteiger partial charge in [0.05, 0.1) is 6.04 Å².